The Hall–Kier alpha value is -1.07. The van der Waals surface area contributed by atoms with Gasteiger partial charge in [0.25, 0.3) is 0 Å². The second-order valence-corrected chi connectivity index (χ2v) is 5.87. The van der Waals surface area contributed by atoms with E-state index in [2.05, 4.69) is 38.4 Å². The lowest BCUT2D eigenvalue weighted by Gasteiger charge is -2.12. The first-order chi connectivity index (χ1) is 8.65. The quantitative estimate of drug-likeness (QED) is 0.889. The SMILES string of the molecule is CC(C)Oc1ccc(CNc2nccs2)cc1Br. The Balaban J connectivity index is 2.00. The Morgan fingerprint density at radius 3 is 2.89 bits per heavy atom. The average molecular weight is 327 g/mol. The van der Waals surface area contributed by atoms with Crippen molar-refractivity contribution in [2.45, 2.75) is 26.5 Å². The van der Waals surface area contributed by atoms with Gasteiger partial charge in [-0.05, 0) is 47.5 Å². The maximum Gasteiger partial charge on any atom is 0.182 e. The van der Waals surface area contributed by atoms with Gasteiger partial charge in [-0.2, -0.15) is 0 Å². The molecule has 2 rings (SSSR count). The molecule has 0 unspecified atom stereocenters. The van der Waals surface area contributed by atoms with Gasteiger partial charge < -0.3 is 10.1 Å². The minimum atomic E-state index is 0.181. The molecule has 0 aliphatic heterocycles. The molecule has 0 atom stereocenters. The second kappa shape index (κ2) is 6.20. The number of halogens is 1. The fraction of sp³-hybridized carbons (Fsp3) is 0.308. The van der Waals surface area contributed by atoms with Gasteiger partial charge in [0.15, 0.2) is 5.13 Å². The fourth-order valence-electron chi connectivity index (χ4n) is 1.49. The summed E-state index contributed by atoms with van der Waals surface area (Å²) in [5.74, 6) is 0.878. The summed E-state index contributed by atoms with van der Waals surface area (Å²) in [6.45, 7) is 4.79. The first-order valence-corrected chi connectivity index (χ1v) is 7.41. The van der Waals surface area contributed by atoms with E-state index in [1.54, 1.807) is 17.5 Å². The van der Waals surface area contributed by atoms with Crippen LogP contribution >= 0.6 is 27.3 Å². The minimum Gasteiger partial charge on any atom is -0.490 e. The largest absolute Gasteiger partial charge is 0.490 e. The molecule has 1 heterocycles. The minimum absolute atomic E-state index is 0.181. The Morgan fingerprint density at radius 2 is 2.28 bits per heavy atom. The van der Waals surface area contributed by atoms with Gasteiger partial charge in [0.2, 0.25) is 0 Å². The van der Waals surface area contributed by atoms with Crippen molar-refractivity contribution in [2.75, 3.05) is 5.32 Å². The van der Waals surface area contributed by atoms with Crippen molar-refractivity contribution in [1.82, 2.24) is 4.98 Å². The lowest BCUT2D eigenvalue weighted by Crippen LogP contribution is -2.06. The van der Waals surface area contributed by atoms with E-state index in [1.165, 1.54) is 5.56 Å². The third-order valence-corrected chi connectivity index (χ3v) is 3.59. The molecule has 0 aliphatic carbocycles. The number of hydrogen-bond donors (Lipinski definition) is 1. The molecular formula is C13H15BrN2OS. The molecule has 0 fully saturated rings. The molecule has 1 N–H and O–H groups in total. The first kappa shape index (κ1) is 13.4. The van der Waals surface area contributed by atoms with E-state index >= 15 is 0 Å². The van der Waals surface area contributed by atoms with Gasteiger partial charge in [-0.1, -0.05) is 6.07 Å². The molecule has 0 spiro atoms. The highest BCUT2D eigenvalue weighted by atomic mass is 79.9. The van der Waals surface area contributed by atoms with Crippen LogP contribution in [0.4, 0.5) is 5.13 Å². The molecule has 3 nitrogen and oxygen atoms in total. The predicted molar refractivity (Wildman–Crippen MR) is 79.3 cm³/mol. The number of nitrogens with zero attached hydrogens (tertiary/aromatic N) is 1. The first-order valence-electron chi connectivity index (χ1n) is 5.73. The van der Waals surface area contributed by atoms with Crippen molar-refractivity contribution in [1.29, 1.82) is 0 Å². The van der Waals surface area contributed by atoms with Crippen LogP contribution in [-0.4, -0.2) is 11.1 Å². The molecular weight excluding hydrogens is 312 g/mol. The van der Waals surface area contributed by atoms with Gasteiger partial charge in [-0.3, -0.25) is 0 Å². The van der Waals surface area contributed by atoms with Crippen molar-refractivity contribution in [3.63, 3.8) is 0 Å². The van der Waals surface area contributed by atoms with Crippen LogP contribution in [0.15, 0.2) is 34.2 Å². The Morgan fingerprint density at radius 1 is 1.44 bits per heavy atom. The maximum absolute atomic E-state index is 5.67. The number of nitrogens with one attached hydrogen (secondary N) is 1. The maximum atomic E-state index is 5.67. The monoisotopic (exact) mass is 326 g/mol. The van der Waals surface area contributed by atoms with Gasteiger partial charge in [-0.25, -0.2) is 4.98 Å². The molecule has 0 radical (unpaired) electrons. The molecule has 0 saturated heterocycles. The zero-order valence-corrected chi connectivity index (χ0v) is 12.7. The summed E-state index contributed by atoms with van der Waals surface area (Å²) < 4.78 is 6.65. The topological polar surface area (TPSA) is 34.1 Å². The van der Waals surface area contributed by atoms with Crippen LogP contribution in [0, 0.1) is 0 Å². The molecule has 2 aromatic rings. The van der Waals surface area contributed by atoms with E-state index in [1.807, 2.05) is 25.3 Å². The number of benzene rings is 1. The van der Waals surface area contributed by atoms with Crippen molar-refractivity contribution in [2.24, 2.45) is 0 Å². The van der Waals surface area contributed by atoms with Gasteiger partial charge in [-0.15, -0.1) is 11.3 Å². The van der Waals surface area contributed by atoms with Gasteiger partial charge in [0, 0.05) is 18.1 Å². The number of thiazole rings is 1. The Bertz CT molecular complexity index is 500. The molecule has 0 bridgehead atoms. The molecule has 18 heavy (non-hydrogen) atoms. The van der Waals surface area contributed by atoms with E-state index in [0.29, 0.717) is 0 Å². The summed E-state index contributed by atoms with van der Waals surface area (Å²) in [4.78, 5) is 4.18. The van der Waals surface area contributed by atoms with Crippen LogP contribution in [0.3, 0.4) is 0 Å². The van der Waals surface area contributed by atoms with Crippen LogP contribution in [0.25, 0.3) is 0 Å². The number of anilines is 1. The normalized spacial score (nSPS) is 10.7. The molecule has 0 amide bonds. The molecule has 96 valence electrons. The Kier molecular flexibility index (Phi) is 4.60. The summed E-state index contributed by atoms with van der Waals surface area (Å²) in [5.41, 5.74) is 1.19. The van der Waals surface area contributed by atoms with E-state index in [0.717, 1.165) is 21.9 Å². The predicted octanol–water partition coefficient (Wildman–Crippen LogP) is 4.30. The molecule has 5 heteroatoms. The van der Waals surface area contributed by atoms with E-state index in [9.17, 15) is 0 Å². The van der Waals surface area contributed by atoms with Crippen molar-refractivity contribution in [3.05, 3.63) is 39.8 Å². The lowest BCUT2D eigenvalue weighted by atomic mass is 10.2. The van der Waals surface area contributed by atoms with Crippen molar-refractivity contribution < 1.29 is 4.74 Å². The highest BCUT2D eigenvalue weighted by Crippen LogP contribution is 2.27. The lowest BCUT2D eigenvalue weighted by molar-refractivity contribution is 0.241. The summed E-state index contributed by atoms with van der Waals surface area (Å²) in [5, 5.41) is 6.17. The smallest absolute Gasteiger partial charge is 0.182 e. The van der Waals surface area contributed by atoms with Gasteiger partial charge in [0.05, 0.1) is 10.6 Å². The number of hydrogen-bond acceptors (Lipinski definition) is 4. The summed E-state index contributed by atoms with van der Waals surface area (Å²) in [7, 11) is 0. The average Bonchev–Trinajstić information content (AvgIpc) is 2.82. The fourth-order valence-corrected chi connectivity index (χ4v) is 2.54. The van der Waals surface area contributed by atoms with E-state index in [-0.39, 0.29) is 6.10 Å². The summed E-state index contributed by atoms with van der Waals surface area (Å²) in [6, 6.07) is 6.12. The third-order valence-electron chi connectivity index (χ3n) is 2.24. The zero-order valence-electron chi connectivity index (χ0n) is 10.3. The number of ether oxygens (including phenoxy) is 1. The molecule has 1 aromatic heterocycles. The molecule has 1 aromatic carbocycles. The molecule has 0 aliphatic rings. The summed E-state index contributed by atoms with van der Waals surface area (Å²) >= 11 is 5.13. The van der Waals surface area contributed by atoms with E-state index < -0.39 is 0 Å². The zero-order chi connectivity index (χ0) is 13.0. The van der Waals surface area contributed by atoms with Crippen LogP contribution in [0.5, 0.6) is 5.75 Å². The number of rotatable bonds is 5. The molecule has 0 saturated carbocycles. The Labute approximate surface area is 119 Å². The number of aromatic nitrogens is 1. The van der Waals surface area contributed by atoms with Crippen LogP contribution < -0.4 is 10.1 Å². The van der Waals surface area contributed by atoms with E-state index in [4.69, 9.17) is 4.74 Å². The van der Waals surface area contributed by atoms with Crippen LogP contribution in [-0.2, 0) is 6.54 Å². The van der Waals surface area contributed by atoms with Crippen LogP contribution in [0.2, 0.25) is 0 Å². The van der Waals surface area contributed by atoms with Gasteiger partial charge in [0.1, 0.15) is 5.75 Å². The van der Waals surface area contributed by atoms with Crippen LogP contribution in [0.1, 0.15) is 19.4 Å². The van der Waals surface area contributed by atoms with Gasteiger partial charge >= 0.3 is 0 Å². The second-order valence-electron chi connectivity index (χ2n) is 4.12. The van der Waals surface area contributed by atoms with Crippen molar-refractivity contribution in [3.8, 4) is 5.75 Å². The standard InChI is InChI=1S/C13H15BrN2OS/c1-9(2)17-12-4-3-10(7-11(12)14)8-16-13-15-5-6-18-13/h3-7,9H,8H2,1-2H3,(H,15,16). The third kappa shape index (κ3) is 3.71. The van der Waals surface area contributed by atoms with Crippen molar-refractivity contribution >= 4 is 32.4 Å². The highest BCUT2D eigenvalue weighted by Gasteiger charge is 2.05. The highest BCUT2D eigenvalue weighted by molar-refractivity contribution is 9.10. The summed E-state index contributed by atoms with van der Waals surface area (Å²) in [6.07, 6.45) is 1.98.